The van der Waals surface area contributed by atoms with E-state index < -0.39 is 5.60 Å². The van der Waals surface area contributed by atoms with Gasteiger partial charge in [0.2, 0.25) is 0 Å². The zero-order valence-corrected chi connectivity index (χ0v) is 23.5. The maximum atomic E-state index is 10.7. The highest BCUT2D eigenvalue weighted by Crippen LogP contribution is 2.40. The maximum absolute atomic E-state index is 10.7. The van der Waals surface area contributed by atoms with Crippen LogP contribution in [-0.4, -0.2) is 24.4 Å². The van der Waals surface area contributed by atoms with Gasteiger partial charge in [-0.15, -0.1) is 0 Å². The van der Waals surface area contributed by atoms with E-state index in [9.17, 15) is 5.11 Å². The van der Waals surface area contributed by atoms with Crippen LogP contribution in [0, 0.1) is 6.92 Å². The summed E-state index contributed by atoms with van der Waals surface area (Å²) >= 11 is 0. The minimum atomic E-state index is -0.735. The van der Waals surface area contributed by atoms with E-state index in [-0.39, 0.29) is 5.41 Å². The minimum absolute atomic E-state index is 0.0432. The molecule has 0 bridgehead atoms. The highest BCUT2D eigenvalue weighted by atomic mass is 17.2. The number of aryl methyl sites for hydroxylation is 1. The number of benzene rings is 3. The molecule has 0 aromatic heterocycles. The first-order chi connectivity index (χ1) is 17.8. The Balaban J connectivity index is 1.89. The van der Waals surface area contributed by atoms with Crippen molar-refractivity contribution in [2.75, 3.05) is 13.7 Å². The lowest BCUT2D eigenvalue weighted by Crippen LogP contribution is -2.26. The molecule has 0 amide bonds. The van der Waals surface area contributed by atoms with Crippen molar-refractivity contribution in [1.29, 1.82) is 0 Å². The van der Waals surface area contributed by atoms with Crippen LogP contribution in [0.2, 0.25) is 0 Å². The summed E-state index contributed by atoms with van der Waals surface area (Å²) in [6.45, 7) is 11.3. The van der Waals surface area contributed by atoms with Crippen molar-refractivity contribution in [2.24, 2.45) is 0 Å². The molecule has 3 nitrogen and oxygen atoms in total. The average molecular weight is 501 g/mol. The van der Waals surface area contributed by atoms with E-state index in [1.54, 1.807) is 0 Å². The van der Waals surface area contributed by atoms with Gasteiger partial charge in [0.1, 0.15) is 0 Å². The zero-order valence-electron chi connectivity index (χ0n) is 23.5. The largest absolute Gasteiger partial charge is 0.386 e. The quantitative estimate of drug-likeness (QED) is 0.145. The van der Waals surface area contributed by atoms with Crippen molar-refractivity contribution in [1.82, 2.24) is 0 Å². The van der Waals surface area contributed by atoms with Gasteiger partial charge in [0.15, 0.2) is 0 Å². The van der Waals surface area contributed by atoms with Crippen LogP contribution in [0.4, 0.5) is 0 Å². The smallest absolute Gasteiger partial charge is 0.0862 e. The monoisotopic (exact) mass is 500 g/mol. The summed E-state index contributed by atoms with van der Waals surface area (Å²) in [7, 11) is 1.54. The van der Waals surface area contributed by atoms with Gasteiger partial charge < -0.3 is 5.11 Å². The number of aliphatic hydroxyl groups is 1. The Morgan fingerprint density at radius 1 is 0.784 bits per heavy atom. The topological polar surface area (TPSA) is 38.7 Å². The van der Waals surface area contributed by atoms with Gasteiger partial charge in [0.25, 0.3) is 0 Å². The van der Waals surface area contributed by atoms with Gasteiger partial charge >= 0.3 is 0 Å². The highest BCUT2D eigenvalue weighted by Gasteiger charge is 2.31. The Hall–Kier alpha value is -2.72. The first-order valence-corrected chi connectivity index (χ1v) is 13.7. The molecule has 0 saturated heterocycles. The molecule has 37 heavy (non-hydrogen) atoms. The molecule has 198 valence electrons. The van der Waals surface area contributed by atoms with E-state index in [1.807, 2.05) is 19.9 Å². The van der Waals surface area contributed by atoms with Crippen molar-refractivity contribution in [3.8, 4) is 11.1 Å². The second kappa shape index (κ2) is 13.2. The lowest BCUT2D eigenvalue weighted by atomic mass is 9.70. The molecule has 0 aliphatic rings. The Labute approximate surface area is 224 Å². The predicted octanol–water partition coefficient (Wildman–Crippen LogP) is 8.45. The van der Waals surface area contributed by atoms with Gasteiger partial charge in [-0.2, -0.15) is 0 Å². The van der Waals surface area contributed by atoms with Crippen LogP contribution in [-0.2, 0) is 21.6 Å². The molecule has 0 heterocycles. The van der Waals surface area contributed by atoms with Gasteiger partial charge in [0.05, 0.1) is 19.3 Å². The van der Waals surface area contributed by atoms with E-state index in [4.69, 9.17) is 9.78 Å². The van der Waals surface area contributed by atoms with Crippen LogP contribution in [0.5, 0.6) is 0 Å². The molecule has 3 aromatic carbocycles. The van der Waals surface area contributed by atoms with Gasteiger partial charge in [-0.3, -0.25) is 0 Å². The third-order valence-electron chi connectivity index (χ3n) is 8.12. The summed E-state index contributed by atoms with van der Waals surface area (Å²) in [5, 5.41) is 10.7. The Kier molecular flexibility index (Phi) is 10.3. The molecular weight excluding hydrogens is 456 g/mol. The fraction of sp³-hybridized carbons (Fsp3) is 0.412. The van der Waals surface area contributed by atoms with Crippen molar-refractivity contribution < 1.29 is 14.9 Å². The zero-order chi connectivity index (χ0) is 26.9. The van der Waals surface area contributed by atoms with Crippen LogP contribution in [0.25, 0.3) is 17.2 Å². The standard InChI is InChI=1S/C34H44O3/c1-7-33(35,8-2)22-20-28-14-19-32(24-26(28)5)34(9-3,10-4)31-17-15-29(16-18-31)30-13-11-12-27(25-30)21-23-37-36-6/h11-20,22,24-25,35H,7-10,21,23H2,1-6H3/b22-20+. The molecule has 0 atom stereocenters. The van der Waals surface area contributed by atoms with Crippen molar-refractivity contribution in [3.05, 3.63) is 101 Å². The molecule has 3 rings (SSSR count). The molecule has 1 N–H and O–H groups in total. The van der Waals surface area contributed by atoms with E-state index in [1.165, 1.54) is 40.5 Å². The number of hydrogen-bond donors (Lipinski definition) is 1. The Bertz CT molecular complexity index is 1150. The molecule has 3 aromatic rings. The molecule has 3 heteroatoms. The molecule has 0 unspecified atom stereocenters. The highest BCUT2D eigenvalue weighted by molar-refractivity contribution is 5.65. The molecule has 0 saturated carbocycles. The molecule has 0 aliphatic carbocycles. The summed E-state index contributed by atoms with van der Waals surface area (Å²) < 4.78 is 0. The Morgan fingerprint density at radius 3 is 2.05 bits per heavy atom. The van der Waals surface area contributed by atoms with Gasteiger partial charge in [-0.25, -0.2) is 9.78 Å². The summed E-state index contributed by atoms with van der Waals surface area (Å²) in [5.41, 5.74) is 7.98. The normalized spacial score (nSPS) is 12.4. The van der Waals surface area contributed by atoms with Crippen LogP contribution in [0.3, 0.4) is 0 Å². The van der Waals surface area contributed by atoms with Gasteiger partial charge in [-0.05, 0) is 78.0 Å². The van der Waals surface area contributed by atoms with Crippen molar-refractivity contribution >= 4 is 6.08 Å². The van der Waals surface area contributed by atoms with Gasteiger partial charge in [-0.1, -0.05) is 107 Å². The molecule has 0 radical (unpaired) electrons. The molecule has 0 aliphatic heterocycles. The average Bonchev–Trinajstić information content (AvgIpc) is 2.94. The first-order valence-electron chi connectivity index (χ1n) is 13.7. The second-order valence-electron chi connectivity index (χ2n) is 10.0. The third kappa shape index (κ3) is 6.78. The Morgan fingerprint density at radius 2 is 1.46 bits per heavy atom. The molecular formula is C34H44O3. The van der Waals surface area contributed by atoms with E-state index in [2.05, 4.69) is 93.6 Å². The maximum Gasteiger partial charge on any atom is 0.0862 e. The molecule has 0 spiro atoms. The SMILES string of the molecule is CCC(O)(/C=C/c1ccc(C(CC)(CC)c2ccc(-c3cccc(CCOOC)c3)cc2)cc1C)CC. The van der Waals surface area contributed by atoms with E-state index in [0.29, 0.717) is 19.4 Å². The number of hydrogen-bond acceptors (Lipinski definition) is 3. The van der Waals surface area contributed by atoms with Crippen LogP contribution < -0.4 is 0 Å². The van der Waals surface area contributed by atoms with Crippen LogP contribution in [0.1, 0.15) is 81.2 Å². The minimum Gasteiger partial charge on any atom is -0.386 e. The summed E-state index contributed by atoms with van der Waals surface area (Å²) in [6.07, 6.45) is 8.34. The van der Waals surface area contributed by atoms with Crippen LogP contribution >= 0.6 is 0 Å². The fourth-order valence-corrected chi connectivity index (χ4v) is 5.26. The van der Waals surface area contributed by atoms with Crippen molar-refractivity contribution in [2.45, 2.75) is 77.7 Å². The molecule has 0 fully saturated rings. The lowest BCUT2D eigenvalue weighted by Gasteiger charge is -2.34. The number of rotatable bonds is 13. The fourth-order valence-electron chi connectivity index (χ4n) is 5.26. The third-order valence-corrected chi connectivity index (χ3v) is 8.12. The second-order valence-corrected chi connectivity index (χ2v) is 10.0. The lowest BCUT2D eigenvalue weighted by molar-refractivity contribution is -0.271. The predicted molar refractivity (Wildman–Crippen MR) is 156 cm³/mol. The first kappa shape index (κ1) is 28.8. The van der Waals surface area contributed by atoms with Crippen molar-refractivity contribution in [3.63, 3.8) is 0 Å². The summed E-state index contributed by atoms with van der Waals surface area (Å²) in [5.74, 6) is 0. The van der Waals surface area contributed by atoms with Crippen LogP contribution in [0.15, 0.2) is 72.8 Å². The summed E-state index contributed by atoms with van der Waals surface area (Å²) in [6, 6.07) is 24.5. The van der Waals surface area contributed by atoms with E-state index >= 15 is 0 Å². The summed E-state index contributed by atoms with van der Waals surface area (Å²) in [4.78, 5) is 9.76. The van der Waals surface area contributed by atoms with E-state index in [0.717, 1.165) is 24.8 Å². The van der Waals surface area contributed by atoms with Gasteiger partial charge in [0, 0.05) is 5.41 Å².